The van der Waals surface area contributed by atoms with E-state index in [1.807, 2.05) is 0 Å². The first-order valence-corrected chi connectivity index (χ1v) is 9.72. The maximum absolute atomic E-state index is 13.1. The highest BCUT2D eigenvalue weighted by Gasteiger charge is 2.33. The number of amides is 1. The van der Waals surface area contributed by atoms with Gasteiger partial charge in [0.1, 0.15) is 5.69 Å². The number of hydrogen-bond donors (Lipinski definition) is 1. The molecule has 0 atom stereocenters. The molecule has 6 nitrogen and oxygen atoms in total. The zero-order valence-corrected chi connectivity index (χ0v) is 17.0. The summed E-state index contributed by atoms with van der Waals surface area (Å²) in [5.41, 5.74) is 0.111. The van der Waals surface area contributed by atoms with E-state index < -0.39 is 22.7 Å². The topological polar surface area (TPSA) is 65.4 Å². The van der Waals surface area contributed by atoms with Crippen LogP contribution in [-0.2, 0) is 13.2 Å². The number of nitrogens with zero attached hydrogens (tertiary/aromatic N) is 2. The second kappa shape index (κ2) is 8.14. The molecule has 1 N–H and O–H groups in total. The van der Waals surface area contributed by atoms with Crippen molar-refractivity contribution in [2.45, 2.75) is 12.6 Å². The number of rotatable bonds is 3. The summed E-state index contributed by atoms with van der Waals surface area (Å²) in [6.07, 6.45) is -2.39. The summed E-state index contributed by atoms with van der Waals surface area (Å²) in [4.78, 5) is 12.9. The molecule has 10 heteroatoms. The van der Waals surface area contributed by atoms with E-state index in [0.29, 0.717) is 36.0 Å². The SMILES string of the molecule is Cn1cc(C(=O)Nc2ccc(Cl)c(C(F)(F)F)c2)c(-c2ccc3c(c2)OCCCO3)n1. The minimum Gasteiger partial charge on any atom is -0.490 e. The van der Waals surface area contributed by atoms with Crippen molar-refractivity contribution in [3.8, 4) is 22.8 Å². The van der Waals surface area contributed by atoms with Gasteiger partial charge in [-0.25, -0.2) is 0 Å². The van der Waals surface area contributed by atoms with Gasteiger partial charge < -0.3 is 14.8 Å². The fourth-order valence-electron chi connectivity index (χ4n) is 3.20. The summed E-state index contributed by atoms with van der Waals surface area (Å²) in [7, 11) is 1.65. The Morgan fingerprint density at radius 3 is 2.61 bits per heavy atom. The molecule has 0 bridgehead atoms. The van der Waals surface area contributed by atoms with Gasteiger partial charge in [0.25, 0.3) is 5.91 Å². The average Bonchev–Trinajstić information content (AvgIpc) is 2.95. The van der Waals surface area contributed by atoms with E-state index in [-0.39, 0.29) is 11.3 Å². The molecule has 4 rings (SSSR count). The highest BCUT2D eigenvalue weighted by atomic mass is 35.5. The van der Waals surface area contributed by atoms with E-state index in [0.717, 1.165) is 18.6 Å². The van der Waals surface area contributed by atoms with Crippen molar-refractivity contribution >= 4 is 23.2 Å². The van der Waals surface area contributed by atoms with Crippen LogP contribution in [0.1, 0.15) is 22.3 Å². The first-order valence-electron chi connectivity index (χ1n) is 9.34. The van der Waals surface area contributed by atoms with E-state index in [1.165, 1.54) is 16.9 Å². The number of carbonyl (C=O) groups is 1. The third kappa shape index (κ3) is 4.46. The average molecular weight is 452 g/mol. The lowest BCUT2D eigenvalue weighted by atomic mass is 10.1. The molecule has 0 saturated heterocycles. The molecular formula is C21H17ClF3N3O3. The minimum absolute atomic E-state index is 0.0322. The van der Waals surface area contributed by atoms with Crippen molar-refractivity contribution in [3.63, 3.8) is 0 Å². The Bertz CT molecular complexity index is 1140. The van der Waals surface area contributed by atoms with Gasteiger partial charge in [-0.05, 0) is 36.4 Å². The van der Waals surface area contributed by atoms with Crippen LogP contribution in [0.4, 0.5) is 18.9 Å². The summed E-state index contributed by atoms with van der Waals surface area (Å²) in [5, 5.41) is 6.39. The number of halogens is 4. The molecule has 31 heavy (non-hydrogen) atoms. The third-order valence-corrected chi connectivity index (χ3v) is 4.95. The van der Waals surface area contributed by atoms with Gasteiger partial charge in [-0.3, -0.25) is 9.48 Å². The number of fused-ring (bicyclic) bond motifs is 1. The van der Waals surface area contributed by atoms with Crippen LogP contribution in [-0.4, -0.2) is 28.9 Å². The molecule has 0 radical (unpaired) electrons. The van der Waals surface area contributed by atoms with Crippen molar-refractivity contribution in [2.75, 3.05) is 18.5 Å². The normalized spacial score (nSPS) is 13.6. The molecule has 3 aromatic rings. The summed E-state index contributed by atoms with van der Waals surface area (Å²) in [6.45, 7) is 1.05. The molecule has 0 saturated carbocycles. The van der Waals surface area contributed by atoms with E-state index >= 15 is 0 Å². The number of aromatic nitrogens is 2. The highest BCUT2D eigenvalue weighted by molar-refractivity contribution is 6.31. The first-order chi connectivity index (χ1) is 14.7. The van der Waals surface area contributed by atoms with Gasteiger partial charge in [0, 0.05) is 30.9 Å². The number of hydrogen-bond acceptors (Lipinski definition) is 4. The Balaban J connectivity index is 1.65. The summed E-state index contributed by atoms with van der Waals surface area (Å²) >= 11 is 5.64. The fourth-order valence-corrected chi connectivity index (χ4v) is 3.42. The van der Waals surface area contributed by atoms with Gasteiger partial charge in [0.05, 0.1) is 29.4 Å². The van der Waals surface area contributed by atoms with Crippen LogP contribution in [0.15, 0.2) is 42.6 Å². The lowest BCUT2D eigenvalue weighted by molar-refractivity contribution is -0.137. The van der Waals surface area contributed by atoms with Gasteiger partial charge in [-0.2, -0.15) is 18.3 Å². The third-order valence-electron chi connectivity index (χ3n) is 4.62. The maximum atomic E-state index is 13.1. The second-order valence-electron chi connectivity index (χ2n) is 6.92. The molecule has 0 aliphatic carbocycles. The number of carbonyl (C=O) groups excluding carboxylic acids is 1. The zero-order chi connectivity index (χ0) is 22.2. The summed E-state index contributed by atoms with van der Waals surface area (Å²) < 4.78 is 52.1. The molecule has 2 heterocycles. The molecule has 1 amide bonds. The lowest BCUT2D eigenvalue weighted by Crippen LogP contribution is -2.14. The molecule has 1 aliphatic heterocycles. The van der Waals surface area contributed by atoms with Crippen molar-refractivity contribution in [3.05, 3.63) is 58.7 Å². The Morgan fingerprint density at radius 2 is 1.87 bits per heavy atom. The Kier molecular flexibility index (Phi) is 5.53. The standard InChI is InChI=1S/C21H17ClF3N3O3/c1-28-11-14(20(29)26-13-4-5-16(22)15(10-13)21(23,24)25)19(27-28)12-3-6-17-18(9-12)31-8-2-7-30-17/h3-6,9-11H,2,7-8H2,1H3,(H,26,29). The quantitative estimate of drug-likeness (QED) is 0.596. The van der Waals surface area contributed by atoms with E-state index in [2.05, 4.69) is 10.4 Å². The van der Waals surface area contributed by atoms with E-state index in [4.69, 9.17) is 21.1 Å². The van der Waals surface area contributed by atoms with Crippen LogP contribution >= 0.6 is 11.6 Å². The molecule has 1 aromatic heterocycles. The van der Waals surface area contributed by atoms with Crippen molar-refractivity contribution in [1.29, 1.82) is 0 Å². The fraction of sp³-hybridized carbons (Fsp3) is 0.238. The van der Waals surface area contributed by atoms with Gasteiger partial charge in [-0.15, -0.1) is 0 Å². The zero-order valence-electron chi connectivity index (χ0n) is 16.3. The Hall–Kier alpha value is -3.20. The molecule has 0 fully saturated rings. The number of anilines is 1. The lowest BCUT2D eigenvalue weighted by Gasteiger charge is -2.12. The predicted octanol–water partition coefficient (Wildman–Crippen LogP) is 5.17. The minimum atomic E-state index is -4.64. The monoisotopic (exact) mass is 451 g/mol. The second-order valence-corrected chi connectivity index (χ2v) is 7.33. The largest absolute Gasteiger partial charge is 0.490 e. The van der Waals surface area contributed by atoms with E-state index in [1.54, 1.807) is 25.2 Å². The van der Waals surface area contributed by atoms with Gasteiger partial charge in [-0.1, -0.05) is 11.6 Å². The number of ether oxygens (including phenoxy) is 2. The first kappa shape index (κ1) is 21.0. The van der Waals surface area contributed by atoms with Crippen molar-refractivity contribution in [1.82, 2.24) is 9.78 Å². The van der Waals surface area contributed by atoms with E-state index in [9.17, 15) is 18.0 Å². The Labute approximate surface area is 180 Å². The van der Waals surface area contributed by atoms with Crippen LogP contribution in [0, 0.1) is 0 Å². The number of aryl methyl sites for hydroxylation is 1. The Morgan fingerprint density at radius 1 is 1.13 bits per heavy atom. The molecule has 0 unspecified atom stereocenters. The van der Waals surface area contributed by atoms with Crippen molar-refractivity contribution < 1.29 is 27.4 Å². The molecule has 0 spiro atoms. The van der Waals surface area contributed by atoms with Crippen LogP contribution < -0.4 is 14.8 Å². The number of alkyl halides is 3. The van der Waals surface area contributed by atoms with Gasteiger partial charge >= 0.3 is 6.18 Å². The molecule has 1 aliphatic rings. The van der Waals surface area contributed by atoms with Crippen LogP contribution in [0.3, 0.4) is 0 Å². The van der Waals surface area contributed by atoms with Crippen molar-refractivity contribution in [2.24, 2.45) is 7.05 Å². The molecule has 2 aromatic carbocycles. The van der Waals surface area contributed by atoms with Gasteiger partial charge in [0.2, 0.25) is 0 Å². The van der Waals surface area contributed by atoms with Gasteiger partial charge in [0.15, 0.2) is 11.5 Å². The predicted molar refractivity (Wildman–Crippen MR) is 109 cm³/mol. The molecule has 162 valence electrons. The smallest absolute Gasteiger partial charge is 0.417 e. The van der Waals surface area contributed by atoms with Crippen LogP contribution in [0.25, 0.3) is 11.3 Å². The molecular weight excluding hydrogens is 435 g/mol. The van der Waals surface area contributed by atoms with Crippen LogP contribution in [0.5, 0.6) is 11.5 Å². The summed E-state index contributed by atoms with van der Waals surface area (Å²) in [5.74, 6) is 0.536. The number of nitrogens with one attached hydrogen (secondary N) is 1. The number of benzene rings is 2. The van der Waals surface area contributed by atoms with Crippen LogP contribution in [0.2, 0.25) is 5.02 Å². The highest BCUT2D eigenvalue weighted by Crippen LogP contribution is 2.37. The summed E-state index contributed by atoms with van der Waals surface area (Å²) in [6, 6.07) is 8.40. The maximum Gasteiger partial charge on any atom is 0.417 e.